The van der Waals surface area contributed by atoms with Crippen molar-refractivity contribution >= 4 is 22.4 Å². The summed E-state index contributed by atoms with van der Waals surface area (Å²) in [5.41, 5.74) is 8.36. The molecule has 0 radical (unpaired) electrons. The van der Waals surface area contributed by atoms with Gasteiger partial charge in [0.05, 0.1) is 11.5 Å². The van der Waals surface area contributed by atoms with Gasteiger partial charge in [-0.1, -0.05) is 23.5 Å². The van der Waals surface area contributed by atoms with Gasteiger partial charge in [-0.2, -0.15) is 0 Å². The number of hydrogen-bond acceptors (Lipinski definition) is 7. The number of nitrogens with one attached hydrogen (secondary N) is 1. The van der Waals surface area contributed by atoms with Gasteiger partial charge in [0, 0.05) is 25.5 Å². The van der Waals surface area contributed by atoms with E-state index in [0.717, 1.165) is 22.7 Å². The molecule has 2 aromatic heterocycles. The maximum absolute atomic E-state index is 12.6. The van der Waals surface area contributed by atoms with Gasteiger partial charge in [-0.15, -0.1) is 0 Å². The normalized spacial score (nSPS) is 13.9. The van der Waals surface area contributed by atoms with Gasteiger partial charge >= 0.3 is 0 Å². The van der Waals surface area contributed by atoms with Crippen LogP contribution in [0, 0.1) is 0 Å². The third kappa shape index (κ3) is 5.80. The minimum Gasteiger partial charge on any atom is -0.494 e. The largest absolute Gasteiger partial charge is 0.494 e. The number of amides is 1. The van der Waals surface area contributed by atoms with Gasteiger partial charge in [-0.05, 0) is 67.7 Å². The number of likely N-dealkylation sites (tertiary alicyclic amines) is 1. The topological polar surface area (TPSA) is 93.4 Å². The van der Waals surface area contributed by atoms with Gasteiger partial charge in [0.2, 0.25) is 0 Å². The predicted octanol–water partition coefficient (Wildman–Crippen LogP) is 3.58. The van der Waals surface area contributed by atoms with Crippen molar-refractivity contribution in [3.63, 3.8) is 0 Å². The molecule has 8 heteroatoms. The van der Waals surface area contributed by atoms with Crippen LogP contribution in [0.25, 0.3) is 10.4 Å². The van der Waals surface area contributed by atoms with Crippen LogP contribution in [-0.4, -0.2) is 47.0 Å². The minimum absolute atomic E-state index is 0.229. The molecule has 1 aliphatic heterocycles. The Morgan fingerprint density at radius 1 is 1.19 bits per heavy atom. The Morgan fingerprint density at radius 3 is 2.81 bits per heavy atom. The van der Waals surface area contributed by atoms with E-state index in [1.807, 2.05) is 24.3 Å². The number of anilines is 1. The number of carbonyl (C=O) groups is 1. The molecular weight excluding hydrogens is 410 g/mol. The minimum atomic E-state index is -0.229. The zero-order chi connectivity index (χ0) is 21.5. The molecule has 1 saturated heterocycles. The number of nitrogens with two attached hydrogens (primary N) is 1. The quantitative estimate of drug-likeness (QED) is 0.497. The van der Waals surface area contributed by atoms with E-state index in [1.54, 1.807) is 12.4 Å². The Morgan fingerprint density at radius 2 is 2.00 bits per heavy atom. The molecule has 162 valence electrons. The number of benzene rings is 1. The summed E-state index contributed by atoms with van der Waals surface area (Å²) in [6, 6.07) is 12.0. The summed E-state index contributed by atoms with van der Waals surface area (Å²) in [4.78, 5) is 24.1. The first-order valence-corrected chi connectivity index (χ1v) is 11.4. The van der Waals surface area contributed by atoms with Crippen molar-refractivity contribution < 1.29 is 9.53 Å². The number of thiazole rings is 1. The molecule has 3 N–H and O–H groups in total. The number of nitrogen functional groups attached to an aromatic ring is 1. The molecule has 1 aliphatic rings. The van der Waals surface area contributed by atoms with E-state index in [-0.39, 0.29) is 5.91 Å². The molecule has 0 unspecified atom stereocenters. The maximum atomic E-state index is 12.6. The Hall–Kier alpha value is -2.97. The monoisotopic (exact) mass is 437 g/mol. The first-order valence-electron chi connectivity index (χ1n) is 10.6. The maximum Gasteiger partial charge on any atom is 0.271 e. The lowest BCUT2D eigenvalue weighted by Crippen LogP contribution is -2.26. The van der Waals surface area contributed by atoms with Crippen LogP contribution in [0.1, 0.15) is 35.3 Å². The Bertz CT molecular complexity index is 1000. The summed E-state index contributed by atoms with van der Waals surface area (Å²) in [5, 5.41) is 3.29. The molecule has 0 spiro atoms. The summed E-state index contributed by atoms with van der Waals surface area (Å²) in [6.07, 6.45) is 6.65. The Balaban J connectivity index is 1.24. The second-order valence-corrected chi connectivity index (χ2v) is 8.58. The van der Waals surface area contributed by atoms with Gasteiger partial charge in [0.25, 0.3) is 5.91 Å². The average molecular weight is 438 g/mol. The Labute approximate surface area is 186 Å². The molecule has 7 nitrogen and oxygen atoms in total. The lowest BCUT2D eigenvalue weighted by molar-refractivity contribution is 0.0948. The third-order valence-electron chi connectivity index (χ3n) is 5.18. The van der Waals surface area contributed by atoms with Crippen molar-refractivity contribution in [1.29, 1.82) is 0 Å². The first-order chi connectivity index (χ1) is 15.2. The van der Waals surface area contributed by atoms with Crippen molar-refractivity contribution in [2.45, 2.75) is 25.8 Å². The fourth-order valence-corrected chi connectivity index (χ4v) is 4.50. The van der Waals surface area contributed by atoms with Crippen LogP contribution >= 0.6 is 11.3 Å². The van der Waals surface area contributed by atoms with Crippen molar-refractivity contribution in [2.24, 2.45) is 0 Å². The van der Waals surface area contributed by atoms with Crippen molar-refractivity contribution in [3.8, 4) is 16.2 Å². The zero-order valence-corrected chi connectivity index (χ0v) is 18.2. The highest BCUT2D eigenvalue weighted by Gasteiger charge is 2.18. The van der Waals surface area contributed by atoms with E-state index in [2.05, 4.69) is 32.3 Å². The first kappa shape index (κ1) is 21.3. The molecule has 3 aromatic rings. The van der Waals surface area contributed by atoms with Gasteiger partial charge in [-0.3, -0.25) is 14.7 Å². The van der Waals surface area contributed by atoms with Crippen LogP contribution in [0.2, 0.25) is 0 Å². The zero-order valence-electron chi connectivity index (χ0n) is 17.4. The highest BCUT2D eigenvalue weighted by atomic mass is 32.1. The van der Waals surface area contributed by atoms with E-state index in [1.165, 1.54) is 42.8 Å². The van der Waals surface area contributed by atoms with Crippen molar-refractivity contribution in [1.82, 2.24) is 20.2 Å². The van der Waals surface area contributed by atoms with Crippen LogP contribution in [0.15, 0.2) is 48.8 Å². The van der Waals surface area contributed by atoms with Gasteiger partial charge in [0.15, 0.2) is 5.13 Å². The number of ether oxygens (including phenoxy) is 1. The molecular formula is C23H27N5O2S. The highest BCUT2D eigenvalue weighted by Crippen LogP contribution is 2.31. The SMILES string of the molecule is Nc1nc(C(=O)NCCCOc2cccc(CN3CCCC3)c2)c(-c2ccncc2)s1. The summed E-state index contributed by atoms with van der Waals surface area (Å²) in [5.74, 6) is 0.641. The summed E-state index contributed by atoms with van der Waals surface area (Å²) in [7, 11) is 0. The number of aromatic nitrogens is 2. The number of carbonyl (C=O) groups excluding carboxylic acids is 1. The van der Waals surface area contributed by atoms with E-state index >= 15 is 0 Å². The standard InChI is InChI=1S/C23H27N5O2S/c24-23-27-20(21(31-23)18-7-10-25-11-8-18)22(29)26-9-4-14-30-19-6-3-5-17(15-19)16-28-12-1-2-13-28/h3,5-8,10-11,15H,1-2,4,9,12-14,16H2,(H2,24,27)(H,26,29). The molecule has 3 heterocycles. The van der Waals surface area contributed by atoms with Crippen LogP contribution < -0.4 is 15.8 Å². The van der Waals surface area contributed by atoms with E-state index in [9.17, 15) is 4.79 Å². The summed E-state index contributed by atoms with van der Waals surface area (Å²) < 4.78 is 5.89. The molecule has 0 saturated carbocycles. The van der Waals surface area contributed by atoms with E-state index in [0.29, 0.717) is 30.4 Å². The molecule has 1 aromatic carbocycles. The fraction of sp³-hybridized carbons (Fsp3) is 0.348. The average Bonchev–Trinajstić information content (AvgIpc) is 3.44. The molecule has 4 rings (SSSR count). The van der Waals surface area contributed by atoms with Crippen LogP contribution in [0.4, 0.5) is 5.13 Å². The molecule has 0 bridgehead atoms. The van der Waals surface area contributed by atoms with Crippen molar-refractivity contribution in [3.05, 3.63) is 60.0 Å². The molecule has 31 heavy (non-hydrogen) atoms. The van der Waals surface area contributed by atoms with E-state index < -0.39 is 0 Å². The molecule has 1 fully saturated rings. The summed E-state index contributed by atoms with van der Waals surface area (Å²) >= 11 is 1.30. The second kappa shape index (κ2) is 10.4. The van der Waals surface area contributed by atoms with Crippen LogP contribution in [0.5, 0.6) is 5.75 Å². The smallest absolute Gasteiger partial charge is 0.271 e. The number of pyridine rings is 1. The highest BCUT2D eigenvalue weighted by molar-refractivity contribution is 7.19. The lowest BCUT2D eigenvalue weighted by Gasteiger charge is -2.15. The van der Waals surface area contributed by atoms with E-state index in [4.69, 9.17) is 10.5 Å². The molecule has 1 amide bonds. The summed E-state index contributed by atoms with van der Waals surface area (Å²) in [6.45, 7) is 4.36. The number of nitrogens with zero attached hydrogens (tertiary/aromatic N) is 3. The van der Waals surface area contributed by atoms with Crippen LogP contribution in [-0.2, 0) is 6.54 Å². The number of rotatable bonds is 9. The van der Waals surface area contributed by atoms with Gasteiger partial charge < -0.3 is 15.8 Å². The lowest BCUT2D eigenvalue weighted by atomic mass is 10.2. The van der Waals surface area contributed by atoms with Crippen LogP contribution in [0.3, 0.4) is 0 Å². The van der Waals surface area contributed by atoms with Crippen molar-refractivity contribution in [2.75, 3.05) is 32.0 Å². The Kier molecular flexibility index (Phi) is 7.11. The second-order valence-electron chi connectivity index (χ2n) is 7.55. The predicted molar refractivity (Wildman–Crippen MR) is 123 cm³/mol. The number of hydrogen-bond donors (Lipinski definition) is 2. The van der Waals surface area contributed by atoms with Gasteiger partial charge in [-0.25, -0.2) is 4.98 Å². The fourth-order valence-electron chi connectivity index (χ4n) is 3.67. The third-order valence-corrected chi connectivity index (χ3v) is 6.11. The molecule has 0 aliphatic carbocycles. The molecule has 0 atom stereocenters. The van der Waals surface area contributed by atoms with Gasteiger partial charge in [0.1, 0.15) is 11.4 Å².